The molecule has 1 heterocycles. The lowest BCUT2D eigenvalue weighted by molar-refractivity contribution is 0.883. The van der Waals surface area contributed by atoms with Crippen molar-refractivity contribution < 1.29 is 0 Å². The van der Waals surface area contributed by atoms with Gasteiger partial charge in [0.1, 0.15) is 0 Å². The summed E-state index contributed by atoms with van der Waals surface area (Å²) in [7, 11) is 0. The maximum absolute atomic E-state index is 8.93. The molecule has 0 aliphatic rings. The lowest BCUT2D eigenvalue weighted by atomic mass is 10.3. The summed E-state index contributed by atoms with van der Waals surface area (Å²) in [6.45, 7) is 0. The smallest absolute Gasteiger partial charge is 0.0991 e. The molecule has 0 saturated heterocycles. The van der Waals surface area contributed by atoms with E-state index in [2.05, 4.69) is 21.5 Å². The van der Waals surface area contributed by atoms with Crippen LogP contribution in [0.25, 0.3) is 0 Å². The van der Waals surface area contributed by atoms with Gasteiger partial charge in [-0.3, -0.25) is 0 Å². The Labute approximate surface area is 118 Å². The molecule has 0 aliphatic carbocycles. The molecule has 0 aromatic carbocycles. The standard InChI is InChI=1S/C16H14N4/c17-15-16-11-7-4-2-1-3-5-9-13-18-20-19-14-10-6-8-12-16/h1-14H. The number of aromatic nitrogens is 3. The molecule has 0 saturated carbocycles. The highest BCUT2D eigenvalue weighted by molar-refractivity contribution is 5.25. The highest BCUT2D eigenvalue weighted by atomic mass is 15.3. The first-order valence-electron chi connectivity index (χ1n) is 5.97. The molecular weight excluding hydrogens is 248 g/mol. The van der Waals surface area contributed by atoms with Gasteiger partial charge in [-0.2, -0.15) is 5.26 Å². The van der Waals surface area contributed by atoms with E-state index in [1.165, 1.54) is 6.20 Å². The first-order valence-corrected chi connectivity index (χ1v) is 5.97. The summed E-state index contributed by atoms with van der Waals surface area (Å²) in [5.41, 5.74) is 0.565. The van der Waals surface area contributed by atoms with Gasteiger partial charge in [-0.25, -0.2) is 0 Å². The van der Waals surface area contributed by atoms with E-state index in [0.29, 0.717) is 5.56 Å². The van der Waals surface area contributed by atoms with E-state index >= 15 is 0 Å². The Morgan fingerprint density at radius 2 is 1.10 bits per heavy atom. The third-order valence-corrected chi connectivity index (χ3v) is 1.98. The maximum Gasteiger partial charge on any atom is 0.0991 e. The van der Waals surface area contributed by atoms with E-state index in [9.17, 15) is 0 Å². The monoisotopic (exact) mass is 262 g/mol. The molecule has 0 amide bonds. The summed E-state index contributed by atoms with van der Waals surface area (Å²) in [5.74, 6) is 0. The quantitative estimate of drug-likeness (QED) is 0.720. The maximum atomic E-state index is 8.93. The summed E-state index contributed by atoms with van der Waals surface area (Å²) in [6, 6.07) is 23.6. The van der Waals surface area contributed by atoms with Gasteiger partial charge >= 0.3 is 0 Å². The summed E-state index contributed by atoms with van der Waals surface area (Å²) < 4.78 is 0. The molecular formula is C16H14N4. The van der Waals surface area contributed by atoms with Crippen molar-refractivity contribution in [3.8, 4) is 6.07 Å². The molecule has 0 aliphatic heterocycles. The van der Waals surface area contributed by atoms with Crippen LogP contribution >= 0.6 is 0 Å². The topological polar surface area (TPSA) is 62.5 Å². The van der Waals surface area contributed by atoms with Crippen LogP contribution in [0.4, 0.5) is 0 Å². The zero-order valence-corrected chi connectivity index (χ0v) is 10.9. The zero-order chi connectivity index (χ0) is 14.3. The molecule has 20 heavy (non-hydrogen) atoms. The van der Waals surface area contributed by atoms with Gasteiger partial charge in [0.2, 0.25) is 0 Å². The van der Waals surface area contributed by atoms with E-state index in [1.807, 2.05) is 36.4 Å². The largest absolute Gasteiger partial charge is 0.192 e. The van der Waals surface area contributed by atoms with E-state index in [-0.39, 0.29) is 0 Å². The minimum absolute atomic E-state index is 0.565. The fraction of sp³-hybridized carbons (Fsp3) is 0. The van der Waals surface area contributed by atoms with Crippen LogP contribution in [-0.4, -0.2) is 15.4 Å². The Bertz CT molecular complexity index is 574. The Morgan fingerprint density at radius 3 is 1.65 bits per heavy atom. The van der Waals surface area contributed by atoms with Gasteiger partial charge in [-0.15, -0.1) is 10.2 Å². The summed E-state index contributed by atoms with van der Waals surface area (Å²) in [4.78, 5) is 0. The van der Waals surface area contributed by atoms with Crippen LogP contribution in [0.3, 0.4) is 0 Å². The predicted molar refractivity (Wildman–Crippen MR) is 77.4 cm³/mol. The Balaban J connectivity index is 3.19. The molecule has 1 aromatic rings. The molecule has 1 rings (SSSR count). The third-order valence-electron chi connectivity index (χ3n) is 1.98. The van der Waals surface area contributed by atoms with Crippen LogP contribution in [0.15, 0.2) is 85.2 Å². The van der Waals surface area contributed by atoms with Crippen LogP contribution in [0.5, 0.6) is 0 Å². The molecule has 4 heteroatoms. The Kier molecular flexibility index (Phi) is 8.29. The second kappa shape index (κ2) is 11.1. The fourth-order valence-electron chi connectivity index (χ4n) is 1.10. The molecule has 0 radical (unpaired) electrons. The van der Waals surface area contributed by atoms with Crippen molar-refractivity contribution in [1.82, 2.24) is 15.4 Å². The van der Waals surface area contributed by atoms with Crippen molar-refractivity contribution in [1.29, 1.82) is 5.26 Å². The highest BCUT2D eigenvalue weighted by Gasteiger charge is 1.76. The van der Waals surface area contributed by atoms with Crippen molar-refractivity contribution in [2.75, 3.05) is 0 Å². The van der Waals surface area contributed by atoms with Gasteiger partial charge in [0.05, 0.1) is 24.0 Å². The highest BCUT2D eigenvalue weighted by Crippen LogP contribution is 1.89. The van der Waals surface area contributed by atoms with Gasteiger partial charge < -0.3 is 0 Å². The third kappa shape index (κ3) is 8.09. The van der Waals surface area contributed by atoms with Gasteiger partial charge in [0.25, 0.3) is 0 Å². The van der Waals surface area contributed by atoms with Crippen LogP contribution in [-0.2, 0) is 0 Å². The Morgan fingerprint density at radius 1 is 0.650 bits per heavy atom. The van der Waals surface area contributed by atoms with E-state index in [4.69, 9.17) is 5.26 Å². The molecule has 0 atom stereocenters. The number of hydrogen-bond donors (Lipinski definition) is 0. The van der Waals surface area contributed by atoms with Crippen molar-refractivity contribution in [3.63, 3.8) is 0 Å². The summed E-state index contributed by atoms with van der Waals surface area (Å²) in [6.07, 6.45) is 3.06. The van der Waals surface area contributed by atoms with Crippen molar-refractivity contribution in [3.05, 3.63) is 90.8 Å². The normalized spacial score (nSPS) is 7.95. The van der Waals surface area contributed by atoms with Crippen molar-refractivity contribution in [2.24, 2.45) is 0 Å². The molecule has 0 fully saturated rings. The van der Waals surface area contributed by atoms with Gasteiger partial charge in [0.15, 0.2) is 0 Å². The van der Waals surface area contributed by atoms with Crippen LogP contribution < -0.4 is 0 Å². The summed E-state index contributed by atoms with van der Waals surface area (Å²) >= 11 is 0. The summed E-state index contributed by atoms with van der Waals surface area (Å²) in [5, 5.41) is 19.9. The van der Waals surface area contributed by atoms with Crippen LogP contribution in [0, 0.1) is 11.3 Å². The zero-order valence-electron chi connectivity index (χ0n) is 10.9. The molecule has 0 unspecified atom stereocenters. The molecule has 0 spiro atoms. The van der Waals surface area contributed by atoms with E-state index in [0.717, 1.165) is 0 Å². The lowest BCUT2D eigenvalue weighted by Gasteiger charge is -1.76. The lowest BCUT2D eigenvalue weighted by Crippen LogP contribution is -1.74. The minimum Gasteiger partial charge on any atom is -0.192 e. The molecule has 1 aromatic heterocycles. The van der Waals surface area contributed by atoms with Gasteiger partial charge in [-0.05, 0) is 29.5 Å². The number of rotatable bonds is 0. The molecule has 0 bridgehead atoms. The van der Waals surface area contributed by atoms with Gasteiger partial charge in [0, 0.05) is 0 Å². The van der Waals surface area contributed by atoms with Crippen molar-refractivity contribution in [2.45, 2.75) is 0 Å². The van der Waals surface area contributed by atoms with E-state index in [1.54, 1.807) is 42.6 Å². The molecule has 4 nitrogen and oxygen atoms in total. The predicted octanol–water partition coefficient (Wildman–Crippen LogP) is 3.12. The number of nitrogens with zero attached hydrogens (tertiary/aromatic N) is 4. The first kappa shape index (κ1) is 15.0. The number of hydrogen-bond acceptors (Lipinski definition) is 4. The average molecular weight is 262 g/mol. The SMILES string of the molecule is N#Cc1cccccccccnnnccccc1. The second-order valence-corrected chi connectivity index (χ2v) is 3.44. The number of nitriles is 1. The molecule has 98 valence electrons. The average Bonchev–Trinajstić information content (AvgIpc) is 2.47. The van der Waals surface area contributed by atoms with Gasteiger partial charge in [-0.1, -0.05) is 48.5 Å². The van der Waals surface area contributed by atoms with Crippen LogP contribution in [0.1, 0.15) is 5.56 Å². The fourth-order valence-corrected chi connectivity index (χ4v) is 1.10. The van der Waals surface area contributed by atoms with Crippen molar-refractivity contribution >= 4 is 0 Å². The second-order valence-electron chi connectivity index (χ2n) is 3.44. The molecule has 0 N–H and O–H groups in total. The van der Waals surface area contributed by atoms with E-state index < -0.39 is 0 Å². The van der Waals surface area contributed by atoms with Crippen LogP contribution in [0.2, 0.25) is 0 Å². The Hall–Kier alpha value is -3.06. The minimum atomic E-state index is 0.565. The first-order chi connectivity index (χ1) is 9.93.